The Hall–Kier alpha value is -1.30. The van der Waals surface area contributed by atoms with Gasteiger partial charge in [-0.05, 0) is 39.0 Å². The van der Waals surface area contributed by atoms with Crippen LogP contribution in [0.3, 0.4) is 0 Å². The van der Waals surface area contributed by atoms with E-state index in [1.165, 1.54) is 5.57 Å². The number of carbonyl (C=O) groups excluding carboxylic acids is 1. The Labute approximate surface area is 117 Å². The molecule has 0 aromatic rings. The van der Waals surface area contributed by atoms with Crippen LogP contribution in [0.1, 0.15) is 52.9 Å². The smallest absolute Gasteiger partial charge is 0.225 e. The lowest BCUT2D eigenvalue weighted by Gasteiger charge is -2.32. The summed E-state index contributed by atoms with van der Waals surface area (Å²) >= 11 is 0. The summed E-state index contributed by atoms with van der Waals surface area (Å²) in [6.07, 6.45) is 6.76. The minimum Gasteiger partial charge on any atom is -0.338 e. The molecule has 1 heterocycles. The third-order valence-corrected chi connectivity index (χ3v) is 4.01. The molecule has 0 bridgehead atoms. The van der Waals surface area contributed by atoms with E-state index in [1.54, 1.807) is 0 Å². The fourth-order valence-corrected chi connectivity index (χ4v) is 2.70. The van der Waals surface area contributed by atoms with E-state index in [2.05, 4.69) is 19.1 Å². The molecule has 1 aliphatic carbocycles. The largest absolute Gasteiger partial charge is 0.338 e. The first kappa shape index (κ1) is 15.8. The standard InChI is InChI=1S/C14H20N2O.C2H6/c1-11-6-8-16(9-7-11)14(17)13-4-2-12(10-15)3-5-13;1-2/h6,12-13H,2-5,7-9H2,1H3;1-2H3. The van der Waals surface area contributed by atoms with Gasteiger partial charge in [-0.3, -0.25) is 4.79 Å². The summed E-state index contributed by atoms with van der Waals surface area (Å²) in [4.78, 5) is 14.2. The number of hydrogen-bond acceptors (Lipinski definition) is 2. The molecule has 3 nitrogen and oxygen atoms in total. The van der Waals surface area contributed by atoms with Crippen LogP contribution in [0.2, 0.25) is 0 Å². The number of nitriles is 1. The van der Waals surface area contributed by atoms with Crippen LogP contribution in [0.4, 0.5) is 0 Å². The van der Waals surface area contributed by atoms with E-state index in [9.17, 15) is 4.79 Å². The summed E-state index contributed by atoms with van der Waals surface area (Å²) in [6, 6.07) is 2.31. The molecule has 0 aromatic heterocycles. The van der Waals surface area contributed by atoms with Crippen LogP contribution >= 0.6 is 0 Å². The molecule has 0 aromatic carbocycles. The summed E-state index contributed by atoms with van der Waals surface area (Å²) in [6.45, 7) is 7.78. The third kappa shape index (κ3) is 4.38. The van der Waals surface area contributed by atoms with Gasteiger partial charge in [-0.25, -0.2) is 0 Å². The third-order valence-electron chi connectivity index (χ3n) is 4.01. The average Bonchev–Trinajstić information content (AvgIpc) is 2.49. The van der Waals surface area contributed by atoms with E-state index in [0.29, 0.717) is 5.91 Å². The van der Waals surface area contributed by atoms with Crippen LogP contribution in [0.5, 0.6) is 0 Å². The molecule has 0 saturated heterocycles. The van der Waals surface area contributed by atoms with Gasteiger partial charge in [-0.1, -0.05) is 25.5 Å². The SMILES string of the molecule is CC.CC1=CCN(C(=O)C2CCC(C#N)CC2)CC1. The van der Waals surface area contributed by atoms with Crippen molar-refractivity contribution >= 4 is 5.91 Å². The summed E-state index contributed by atoms with van der Waals surface area (Å²) < 4.78 is 0. The number of amides is 1. The molecule has 19 heavy (non-hydrogen) atoms. The second-order valence-corrected chi connectivity index (χ2v) is 5.26. The van der Waals surface area contributed by atoms with Crippen LogP contribution in [0.25, 0.3) is 0 Å². The van der Waals surface area contributed by atoms with Gasteiger partial charge in [-0.15, -0.1) is 0 Å². The molecule has 1 aliphatic heterocycles. The highest BCUT2D eigenvalue weighted by molar-refractivity contribution is 5.79. The van der Waals surface area contributed by atoms with Gasteiger partial charge < -0.3 is 4.90 Å². The van der Waals surface area contributed by atoms with Crippen molar-refractivity contribution in [3.63, 3.8) is 0 Å². The quantitative estimate of drug-likeness (QED) is 0.679. The molecule has 106 valence electrons. The lowest BCUT2D eigenvalue weighted by molar-refractivity contribution is -0.136. The highest BCUT2D eigenvalue weighted by Gasteiger charge is 2.29. The van der Waals surface area contributed by atoms with Crippen molar-refractivity contribution in [3.05, 3.63) is 11.6 Å². The maximum Gasteiger partial charge on any atom is 0.225 e. The zero-order chi connectivity index (χ0) is 14.3. The number of carbonyl (C=O) groups is 1. The zero-order valence-corrected chi connectivity index (χ0v) is 12.5. The molecular weight excluding hydrogens is 236 g/mol. The highest BCUT2D eigenvalue weighted by Crippen LogP contribution is 2.30. The second kappa shape index (κ2) is 7.99. The fourth-order valence-electron chi connectivity index (χ4n) is 2.70. The molecule has 0 spiro atoms. The monoisotopic (exact) mass is 262 g/mol. The van der Waals surface area contributed by atoms with Crippen LogP contribution in [-0.2, 0) is 4.79 Å². The Morgan fingerprint density at radius 2 is 1.95 bits per heavy atom. The van der Waals surface area contributed by atoms with Gasteiger partial charge in [0.15, 0.2) is 0 Å². The van der Waals surface area contributed by atoms with Gasteiger partial charge in [-0.2, -0.15) is 5.26 Å². The van der Waals surface area contributed by atoms with Gasteiger partial charge in [0, 0.05) is 24.9 Å². The molecule has 0 N–H and O–H groups in total. The first-order chi connectivity index (χ1) is 9.20. The molecule has 0 unspecified atom stereocenters. The van der Waals surface area contributed by atoms with Crippen molar-refractivity contribution in [2.45, 2.75) is 52.9 Å². The Kier molecular flexibility index (Phi) is 6.62. The maximum absolute atomic E-state index is 12.3. The van der Waals surface area contributed by atoms with Gasteiger partial charge in [0.1, 0.15) is 0 Å². The van der Waals surface area contributed by atoms with Crippen molar-refractivity contribution in [2.24, 2.45) is 11.8 Å². The summed E-state index contributed by atoms with van der Waals surface area (Å²) in [7, 11) is 0. The van der Waals surface area contributed by atoms with Crippen molar-refractivity contribution in [1.82, 2.24) is 4.90 Å². The maximum atomic E-state index is 12.3. The van der Waals surface area contributed by atoms with Gasteiger partial charge >= 0.3 is 0 Å². The lowest BCUT2D eigenvalue weighted by Crippen LogP contribution is -2.40. The first-order valence-corrected chi connectivity index (χ1v) is 7.54. The number of nitrogens with zero attached hydrogens (tertiary/aromatic N) is 2. The second-order valence-electron chi connectivity index (χ2n) is 5.26. The Morgan fingerprint density at radius 3 is 2.42 bits per heavy atom. The summed E-state index contributed by atoms with van der Waals surface area (Å²) in [5, 5.41) is 8.84. The molecule has 0 atom stereocenters. The van der Waals surface area contributed by atoms with E-state index in [-0.39, 0.29) is 11.8 Å². The van der Waals surface area contributed by atoms with Crippen LogP contribution in [0, 0.1) is 23.2 Å². The predicted octanol–water partition coefficient (Wildman–Crippen LogP) is 3.52. The van der Waals surface area contributed by atoms with Crippen molar-refractivity contribution in [1.29, 1.82) is 5.26 Å². The fraction of sp³-hybridized carbons (Fsp3) is 0.750. The van der Waals surface area contributed by atoms with Crippen LogP contribution < -0.4 is 0 Å². The van der Waals surface area contributed by atoms with Crippen LogP contribution in [0.15, 0.2) is 11.6 Å². The zero-order valence-electron chi connectivity index (χ0n) is 12.5. The van der Waals surface area contributed by atoms with Crippen molar-refractivity contribution in [3.8, 4) is 6.07 Å². The topological polar surface area (TPSA) is 44.1 Å². The first-order valence-electron chi connectivity index (χ1n) is 7.54. The van der Waals surface area contributed by atoms with Crippen molar-refractivity contribution in [2.75, 3.05) is 13.1 Å². The lowest BCUT2D eigenvalue weighted by atomic mass is 9.82. The Bertz CT molecular complexity index is 359. The molecule has 2 rings (SSSR count). The normalized spacial score (nSPS) is 26.6. The number of rotatable bonds is 1. The van der Waals surface area contributed by atoms with Crippen molar-refractivity contribution < 1.29 is 4.79 Å². The number of hydrogen-bond donors (Lipinski definition) is 0. The van der Waals surface area contributed by atoms with E-state index < -0.39 is 0 Å². The van der Waals surface area contributed by atoms with Gasteiger partial charge in [0.25, 0.3) is 0 Å². The Balaban J connectivity index is 0.000000861. The van der Waals surface area contributed by atoms with Crippen LogP contribution in [-0.4, -0.2) is 23.9 Å². The molecule has 3 heteroatoms. The predicted molar refractivity (Wildman–Crippen MR) is 77.4 cm³/mol. The molecule has 0 radical (unpaired) electrons. The van der Waals surface area contributed by atoms with E-state index in [4.69, 9.17) is 5.26 Å². The highest BCUT2D eigenvalue weighted by atomic mass is 16.2. The summed E-state index contributed by atoms with van der Waals surface area (Å²) in [5.41, 5.74) is 1.39. The molecule has 2 aliphatic rings. The molecule has 1 saturated carbocycles. The molecular formula is C16H26N2O. The molecule has 1 amide bonds. The summed E-state index contributed by atoms with van der Waals surface area (Å²) in [5.74, 6) is 0.666. The van der Waals surface area contributed by atoms with E-state index >= 15 is 0 Å². The van der Waals surface area contributed by atoms with Gasteiger partial charge in [0.2, 0.25) is 5.91 Å². The van der Waals surface area contributed by atoms with E-state index in [0.717, 1.165) is 45.2 Å². The van der Waals surface area contributed by atoms with Gasteiger partial charge in [0.05, 0.1) is 6.07 Å². The minimum atomic E-state index is 0.173. The average molecular weight is 262 g/mol. The minimum absolute atomic E-state index is 0.173. The Morgan fingerprint density at radius 1 is 1.32 bits per heavy atom. The van der Waals surface area contributed by atoms with E-state index in [1.807, 2.05) is 18.7 Å². The molecule has 1 fully saturated rings.